The molecular formula is C9H10N2O. The monoisotopic (exact) mass is 162 g/mol. The van der Waals surface area contributed by atoms with Crippen LogP contribution in [0.25, 0.3) is 0 Å². The van der Waals surface area contributed by atoms with E-state index in [0.717, 1.165) is 0 Å². The van der Waals surface area contributed by atoms with Crippen molar-refractivity contribution in [1.82, 2.24) is 9.97 Å². The van der Waals surface area contributed by atoms with Gasteiger partial charge in [0, 0.05) is 12.4 Å². The molecule has 0 unspecified atom stereocenters. The average molecular weight is 162 g/mol. The lowest BCUT2D eigenvalue weighted by atomic mass is 10.1. The average Bonchev–Trinajstić information content (AvgIpc) is 2.06. The zero-order valence-electron chi connectivity index (χ0n) is 7.07. The van der Waals surface area contributed by atoms with Crippen LogP contribution < -0.4 is 0 Å². The molecule has 0 aliphatic carbocycles. The van der Waals surface area contributed by atoms with Gasteiger partial charge in [0.25, 0.3) is 0 Å². The van der Waals surface area contributed by atoms with Gasteiger partial charge in [0.2, 0.25) is 0 Å². The van der Waals surface area contributed by atoms with E-state index >= 15 is 0 Å². The van der Waals surface area contributed by atoms with Gasteiger partial charge in [-0.2, -0.15) is 0 Å². The third-order valence-electron chi connectivity index (χ3n) is 1.37. The molecule has 12 heavy (non-hydrogen) atoms. The van der Waals surface area contributed by atoms with Gasteiger partial charge in [0.15, 0.2) is 11.4 Å². The Morgan fingerprint density at radius 2 is 2.00 bits per heavy atom. The summed E-state index contributed by atoms with van der Waals surface area (Å²) < 4.78 is 0. The first-order valence-electron chi connectivity index (χ1n) is 3.60. The zero-order valence-corrected chi connectivity index (χ0v) is 7.07. The number of aromatic nitrogens is 2. The Hall–Kier alpha value is -1.40. The van der Waals surface area contributed by atoms with Gasteiger partial charge < -0.3 is 5.11 Å². The summed E-state index contributed by atoms with van der Waals surface area (Å²) >= 11 is 0. The van der Waals surface area contributed by atoms with E-state index in [1.807, 2.05) is 0 Å². The summed E-state index contributed by atoms with van der Waals surface area (Å²) in [5.74, 6) is 5.58. The maximum atomic E-state index is 9.69. The highest BCUT2D eigenvalue weighted by molar-refractivity contribution is 5.18. The third kappa shape index (κ3) is 1.80. The minimum Gasteiger partial charge on any atom is -0.371 e. The van der Waals surface area contributed by atoms with E-state index in [1.54, 1.807) is 32.3 Å². The molecule has 0 bridgehead atoms. The maximum absolute atomic E-state index is 9.69. The minimum absolute atomic E-state index is 0.333. The van der Waals surface area contributed by atoms with Crippen molar-refractivity contribution in [1.29, 1.82) is 0 Å². The lowest BCUT2D eigenvalue weighted by Gasteiger charge is -2.13. The van der Waals surface area contributed by atoms with E-state index in [9.17, 15) is 5.11 Å². The van der Waals surface area contributed by atoms with Crippen LogP contribution in [0.3, 0.4) is 0 Å². The first kappa shape index (κ1) is 8.69. The molecule has 0 aliphatic heterocycles. The Morgan fingerprint density at radius 1 is 1.42 bits per heavy atom. The Morgan fingerprint density at radius 3 is 2.50 bits per heavy atom. The molecule has 0 spiro atoms. The third-order valence-corrected chi connectivity index (χ3v) is 1.37. The van der Waals surface area contributed by atoms with E-state index in [2.05, 4.69) is 21.8 Å². The molecule has 0 saturated heterocycles. The van der Waals surface area contributed by atoms with Crippen LogP contribution in [0.15, 0.2) is 18.5 Å². The van der Waals surface area contributed by atoms with Crippen molar-refractivity contribution in [3.05, 3.63) is 24.3 Å². The molecule has 1 aromatic heterocycles. The number of nitrogens with zero attached hydrogens (tertiary/aromatic N) is 2. The molecule has 0 amide bonds. The maximum Gasteiger partial charge on any atom is 0.182 e. The molecule has 1 aromatic rings. The summed E-state index contributed by atoms with van der Waals surface area (Å²) in [5.41, 5.74) is -1.24. The lowest BCUT2D eigenvalue weighted by Crippen LogP contribution is -2.21. The van der Waals surface area contributed by atoms with Crippen LogP contribution in [-0.4, -0.2) is 15.1 Å². The molecule has 0 radical (unpaired) electrons. The fourth-order valence-electron chi connectivity index (χ4n) is 0.850. The van der Waals surface area contributed by atoms with Gasteiger partial charge in [-0.05, 0) is 19.9 Å². The quantitative estimate of drug-likeness (QED) is 0.618. The first-order valence-corrected chi connectivity index (χ1v) is 3.60. The highest BCUT2D eigenvalue weighted by Crippen LogP contribution is 2.13. The molecule has 1 heterocycles. The summed E-state index contributed by atoms with van der Waals surface area (Å²) in [6, 6.07) is 1.69. The Balaban J connectivity index is 3.03. The lowest BCUT2D eigenvalue weighted by molar-refractivity contribution is 0.112. The van der Waals surface area contributed by atoms with Gasteiger partial charge in [0.05, 0.1) is 0 Å². The van der Waals surface area contributed by atoms with E-state index in [4.69, 9.17) is 0 Å². The van der Waals surface area contributed by atoms with Crippen LogP contribution in [0.5, 0.6) is 0 Å². The highest BCUT2D eigenvalue weighted by Gasteiger charge is 2.22. The molecular weight excluding hydrogens is 152 g/mol. The van der Waals surface area contributed by atoms with Crippen molar-refractivity contribution in [2.24, 2.45) is 0 Å². The molecule has 0 aliphatic rings. The largest absolute Gasteiger partial charge is 0.371 e. The topological polar surface area (TPSA) is 46.0 Å². The van der Waals surface area contributed by atoms with Gasteiger partial charge in [-0.3, -0.25) is 0 Å². The van der Waals surface area contributed by atoms with Crippen molar-refractivity contribution >= 4 is 0 Å². The predicted octanol–water partition coefficient (Wildman–Crippen LogP) is 0.707. The summed E-state index contributed by atoms with van der Waals surface area (Å²) in [4.78, 5) is 7.81. The molecule has 0 aromatic carbocycles. The summed E-state index contributed by atoms with van der Waals surface area (Å²) in [6.07, 6.45) is 3.16. The minimum atomic E-state index is -1.24. The standard InChI is InChI=1S/C9H10N2O/c1-3-5-9(2,12)8-10-6-4-7-11-8/h4,6-7,12H,1-2H3/t9-/m0/s1. The van der Waals surface area contributed by atoms with Crippen LogP contribution in [0.2, 0.25) is 0 Å². The summed E-state index contributed by atoms with van der Waals surface area (Å²) in [6.45, 7) is 3.23. The second-order valence-electron chi connectivity index (χ2n) is 2.52. The van der Waals surface area contributed by atoms with Crippen LogP contribution in [-0.2, 0) is 5.60 Å². The SMILES string of the molecule is CC#C[C@](C)(O)c1ncccn1. The number of hydrogen-bond acceptors (Lipinski definition) is 3. The molecule has 1 rings (SSSR count). The van der Waals surface area contributed by atoms with Crippen LogP contribution in [0.4, 0.5) is 0 Å². The van der Waals surface area contributed by atoms with Crippen molar-refractivity contribution in [2.45, 2.75) is 19.4 Å². The van der Waals surface area contributed by atoms with Crippen molar-refractivity contribution in [3.63, 3.8) is 0 Å². The molecule has 1 atom stereocenters. The van der Waals surface area contributed by atoms with Crippen molar-refractivity contribution in [3.8, 4) is 11.8 Å². The Bertz CT molecular complexity index is 308. The zero-order chi connectivity index (χ0) is 9.03. The van der Waals surface area contributed by atoms with E-state index in [1.165, 1.54) is 0 Å². The fourth-order valence-corrected chi connectivity index (χ4v) is 0.850. The van der Waals surface area contributed by atoms with Crippen LogP contribution in [0.1, 0.15) is 19.7 Å². The summed E-state index contributed by atoms with van der Waals surface area (Å²) in [7, 11) is 0. The smallest absolute Gasteiger partial charge is 0.182 e. The van der Waals surface area contributed by atoms with E-state index in [-0.39, 0.29) is 0 Å². The summed E-state index contributed by atoms with van der Waals surface area (Å²) in [5, 5.41) is 9.69. The predicted molar refractivity (Wildman–Crippen MR) is 45.1 cm³/mol. The van der Waals surface area contributed by atoms with Crippen molar-refractivity contribution in [2.75, 3.05) is 0 Å². The molecule has 62 valence electrons. The van der Waals surface area contributed by atoms with Crippen LogP contribution in [0, 0.1) is 11.8 Å². The number of aliphatic hydroxyl groups is 1. The normalized spacial score (nSPS) is 14.2. The molecule has 0 fully saturated rings. The van der Waals surface area contributed by atoms with Gasteiger partial charge in [-0.1, -0.05) is 5.92 Å². The van der Waals surface area contributed by atoms with Gasteiger partial charge in [-0.15, -0.1) is 5.92 Å². The van der Waals surface area contributed by atoms with Gasteiger partial charge >= 0.3 is 0 Å². The van der Waals surface area contributed by atoms with Crippen molar-refractivity contribution < 1.29 is 5.11 Å². The van der Waals surface area contributed by atoms with Crippen LogP contribution >= 0.6 is 0 Å². The molecule has 3 nitrogen and oxygen atoms in total. The highest BCUT2D eigenvalue weighted by atomic mass is 16.3. The number of hydrogen-bond donors (Lipinski definition) is 1. The second-order valence-corrected chi connectivity index (χ2v) is 2.52. The number of rotatable bonds is 1. The van der Waals surface area contributed by atoms with Gasteiger partial charge in [0.1, 0.15) is 0 Å². The first-order chi connectivity index (χ1) is 5.67. The second kappa shape index (κ2) is 3.33. The fraction of sp³-hybridized carbons (Fsp3) is 0.333. The molecule has 1 N–H and O–H groups in total. The van der Waals surface area contributed by atoms with E-state index in [0.29, 0.717) is 5.82 Å². The van der Waals surface area contributed by atoms with E-state index < -0.39 is 5.60 Å². The molecule has 3 heteroatoms. The Kier molecular flexibility index (Phi) is 2.41. The molecule has 0 saturated carbocycles. The van der Waals surface area contributed by atoms with Gasteiger partial charge in [-0.25, -0.2) is 9.97 Å². The Labute approximate surface area is 71.5 Å².